The zero-order valence-corrected chi connectivity index (χ0v) is 10.5. The number of fused-ring (bicyclic) bond motifs is 1. The maximum Gasteiger partial charge on any atom is 0.150 e. The van der Waals surface area contributed by atoms with Crippen LogP contribution in [-0.2, 0) is 4.74 Å². The molecule has 16 heavy (non-hydrogen) atoms. The van der Waals surface area contributed by atoms with E-state index in [0.29, 0.717) is 0 Å². The molecule has 0 amide bonds. The molecule has 1 unspecified atom stereocenters. The van der Waals surface area contributed by atoms with E-state index in [4.69, 9.17) is 4.74 Å². The van der Waals surface area contributed by atoms with E-state index in [1.54, 1.807) is 0 Å². The van der Waals surface area contributed by atoms with Crippen molar-refractivity contribution in [1.29, 1.82) is 0 Å². The van der Waals surface area contributed by atoms with Crippen molar-refractivity contribution >= 4 is 26.8 Å². The topological polar surface area (TPSA) is 27.1 Å². The van der Waals surface area contributed by atoms with E-state index in [2.05, 4.69) is 33.3 Å². The molecule has 2 heterocycles. The number of benzene rings is 1. The average molecular weight is 281 g/mol. The number of hydrogen-bond donors (Lipinski definition) is 0. The lowest BCUT2D eigenvalue weighted by molar-refractivity contribution is -0.0390. The van der Waals surface area contributed by atoms with Gasteiger partial charge in [0.2, 0.25) is 0 Å². The molecule has 0 N–H and O–H groups in total. The number of nitrogens with zero attached hydrogens (tertiary/aromatic N) is 2. The molecule has 1 aliphatic heterocycles. The van der Waals surface area contributed by atoms with Gasteiger partial charge in [-0.3, -0.25) is 0 Å². The second kappa shape index (κ2) is 4.18. The van der Waals surface area contributed by atoms with Crippen LogP contribution in [0.3, 0.4) is 0 Å². The predicted octanol–water partition coefficient (Wildman–Crippen LogP) is 3.50. The van der Waals surface area contributed by atoms with E-state index in [0.717, 1.165) is 28.4 Å². The maximum absolute atomic E-state index is 5.71. The lowest BCUT2D eigenvalue weighted by atomic mass is 10.2. The summed E-state index contributed by atoms with van der Waals surface area (Å²) in [5, 5.41) is 5.70. The molecule has 1 atom stereocenters. The molecule has 0 spiro atoms. The van der Waals surface area contributed by atoms with Crippen molar-refractivity contribution in [3.63, 3.8) is 0 Å². The molecular weight excluding hydrogens is 268 g/mol. The third-order valence-corrected chi connectivity index (χ3v) is 3.43. The second-order valence-corrected chi connectivity index (χ2v) is 5.05. The third kappa shape index (κ3) is 1.87. The maximum atomic E-state index is 5.71. The van der Waals surface area contributed by atoms with E-state index < -0.39 is 0 Å². The van der Waals surface area contributed by atoms with Crippen LogP contribution in [-0.4, -0.2) is 16.4 Å². The number of rotatable bonds is 1. The lowest BCUT2D eigenvalue weighted by Crippen LogP contribution is -2.18. The van der Waals surface area contributed by atoms with Crippen molar-refractivity contribution in [1.82, 2.24) is 9.78 Å². The predicted molar refractivity (Wildman–Crippen MR) is 66.3 cm³/mol. The van der Waals surface area contributed by atoms with Gasteiger partial charge in [-0.2, -0.15) is 5.10 Å². The summed E-state index contributed by atoms with van der Waals surface area (Å²) >= 11 is 3.47. The molecule has 4 heteroatoms. The van der Waals surface area contributed by atoms with Crippen LogP contribution < -0.4 is 0 Å². The molecule has 0 radical (unpaired) electrons. The Labute approximate surface area is 103 Å². The van der Waals surface area contributed by atoms with E-state index in [-0.39, 0.29) is 6.23 Å². The van der Waals surface area contributed by atoms with Crippen LogP contribution in [0.15, 0.2) is 28.9 Å². The van der Waals surface area contributed by atoms with Gasteiger partial charge in [0.25, 0.3) is 0 Å². The highest BCUT2D eigenvalue weighted by Gasteiger charge is 2.16. The molecule has 1 fully saturated rings. The number of aromatic nitrogens is 2. The van der Waals surface area contributed by atoms with Crippen molar-refractivity contribution in [2.75, 3.05) is 6.61 Å². The Morgan fingerprint density at radius 3 is 3.12 bits per heavy atom. The summed E-state index contributed by atoms with van der Waals surface area (Å²) < 4.78 is 8.75. The first-order valence-corrected chi connectivity index (χ1v) is 6.38. The Morgan fingerprint density at radius 1 is 1.38 bits per heavy atom. The fourth-order valence-corrected chi connectivity index (χ4v) is 2.47. The summed E-state index contributed by atoms with van der Waals surface area (Å²) in [7, 11) is 0. The SMILES string of the molecule is Brc1ccc2nn(C3CCCCO3)cc2c1. The van der Waals surface area contributed by atoms with Gasteiger partial charge in [-0.25, -0.2) is 4.68 Å². The van der Waals surface area contributed by atoms with E-state index in [9.17, 15) is 0 Å². The molecule has 0 bridgehead atoms. The van der Waals surface area contributed by atoms with Crippen LogP contribution in [0.5, 0.6) is 0 Å². The van der Waals surface area contributed by atoms with Crippen LogP contribution in [0.25, 0.3) is 10.9 Å². The van der Waals surface area contributed by atoms with Gasteiger partial charge in [-0.05, 0) is 37.5 Å². The first kappa shape index (κ1) is 10.3. The van der Waals surface area contributed by atoms with E-state index >= 15 is 0 Å². The van der Waals surface area contributed by atoms with Gasteiger partial charge in [0.15, 0.2) is 0 Å². The quantitative estimate of drug-likeness (QED) is 0.800. The minimum Gasteiger partial charge on any atom is -0.357 e. The monoisotopic (exact) mass is 280 g/mol. The average Bonchev–Trinajstić information content (AvgIpc) is 2.73. The molecular formula is C12H13BrN2O. The molecule has 3 rings (SSSR count). The third-order valence-electron chi connectivity index (χ3n) is 2.93. The first-order chi connectivity index (χ1) is 7.83. The van der Waals surface area contributed by atoms with Gasteiger partial charge >= 0.3 is 0 Å². The Morgan fingerprint density at radius 2 is 2.31 bits per heavy atom. The highest BCUT2D eigenvalue weighted by molar-refractivity contribution is 9.10. The summed E-state index contributed by atoms with van der Waals surface area (Å²) in [6, 6.07) is 6.13. The minimum absolute atomic E-state index is 0.125. The largest absolute Gasteiger partial charge is 0.357 e. The van der Waals surface area contributed by atoms with Gasteiger partial charge in [0, 0.05) is 22.7 Å². The number of hydrogen-bond acceptors (Lipinski definition) is 2. The molecule has 84 valence electrons. The molecule has 0 saturated carbocycles. The van der Waals surface area contributed by atoms with Gasteiger partial charge in [-0.15, -0.1) is 0 Å². The fourth-order valence-electron chi connectivity index (χ4n) is 2.10. The van der Waals surface area contributed by atoms with Crippen LogP contribution in [0.2, 0.25) is 0 Å². The summed E-state index contributed by atoms with van der Waals surface area (Å²) in [5.41, 5.74) is 1.03. The van der Waals surface area contributed by atoms with Crippen molar-refractivity contribution in [3.05, 3.63) is 28.9 Å². The zero-order valence-electron chi connectivity index (χ0n) is 8.90. The van der Waals surface area contributed by atoms with Crippen LogP contribution in [0.4, 0.5) is 0 Å². The van der Waals surface area contributed by atoms with Crippen molar-refractivity contribution in [3.8, 4) is 0 Å². The standard InChI is InChI=1S/C12H13BrN2O/c13-10-4-5-11-9(7-10)8-15(14-11)12-3-1-2-6-16-12/h4-5,7-8,12H,1-3,6H2. The van der Waals surface area contributed by atoms with Crippen molar-refractivity contribution in [2.24, 2.45) is 0 Å². The highest BCUT2D eigenvalue weighted by atomic mass is 79.9. The normalized spacial score (nSPS) is 21.4. The second-order valence-electron chi connectivity index (χ2n) is 4.13. The van der Waals surface area contributed by atoms with E-state index in [1.165, 1.54) is 12.8 Å². The highest BCUT2D eigenvalue weighted by Crippen LogP contribution is 2.25. The van der Waals surface area contributed by atoms with Gasteiger partial charge < -0.3 is 4.74 Å². The molecule has 1 aromatic heterocycles. The Kier molecular flexibility index (Phi) is 2.69. The molecule has 1 aromatic carbocycles. The minimum atomic E-state index is 0.125. The lowest BCUT2D eigenvalue weighted by Gasteiger charge is -2.22. The Hall–Kier alpha value is -0.870. The van der Waals surface area contributed by atoms with Gasteiger partial charge in [0.05, 0.1) is 5.52 Å². The number of ether oxygens (including phenoxy) is 1. The summed E-state index contributed by atoms with van der Waals surface area (Å²) in [6.07, 6.45) is 5.65. The molecule has 2 aromatic rings. The van der Waals surface area contributed by atoms with E-state index in [1.807, 2.05) is 16.8 Å². The van der Waals surface area contributed by atoms with Gasteiger partial charge in [0.1, 0.15) is 6.23 Å². The molecule has 1 aliphatic rings. The van der Waals surface area contributed by atoms with Gasteiger partial charge in [-0.1, -0.05) is 15.9 Å². The Balaban J connectivity index is 1.97. The van der Waals surface area contributed by atoms with Crippen molar-refractivity contribution < 1.29 is 4.74 Å². The smallest absolute Gasteiger partial charge is 0.150 e. The first-order valence-electron chi connectivity index (χ1n) is 5.59. The fraction of sp³-hybridized carbons (Fsp3) is 0.417. The summed E-state index contributed by atoms with van der Waals surface area (Å²) in [6.45, 7) is 0.852. The molecule has 1 saturated heterocycles. The molecule has 0 aliphatic carbocycles. The van der Waals surface area contributed by atoms with Crippen LogP contribution in [0, 0.1) is 0 Å². The van der Waals surface area contributed by atoms with Crippen molar-refractivity contribution in [2.45, 2.75) is 25.5 Å². The van der Waals surface area contributed by atoms with Crippen LogP contribution >= 0.6 is 15.9 Å². The molecule has 3 nitrogen and oxygen atoms in total. The summed E-state index contributed by atoms with van der Waals surface area (Å²) in [4.78, 5) is 0. The zero-order chi connectivity index (χ0) is 11.0. The summed E-state index contributed by atoms with van der Waals surface area (Å²) in [5.74, 6) is 0. The number of halogens is 1. The Bertz CT molecular complexity index is 503. The van der Waals surface area contributed by atoms with Crippen LogP contribution in [0.1, 0.15) is 25.5 Å².